The minimum atomic E-state index is -1.43. The summed E-state index contributed by atoms with van der Waals surface area (Å²) < 4.78 is 9.88. The van der Waals surface area contributed by atoms with E-state index >= 15 is 0 Å². The molecule has 0 fully saturated rings. The molecule has 0 aliphatic heterocycles. The molecule has 0 unspecified atom stereocenters. The van der Waals surface area contributed by atoms with Crippen LogP contribution < -0.4 is 0 Å². The molecule has 0 aromatic heterocycles. The average molecular weight is 120 g/mol. The Labute approximate surface area is 46.7 Å². The fraction of sp³-hybridized carbons (Fsp3) is 1.00. The fourth-order valence-electron chi connectivity index (χ4n) is 0. The Bertz CT molecular complexity index is 84.2. The van der Waals surface area contributed by atoms with Crippen LogP contribution in [-0.2, 0) is 11.0 Å². The molecule has 7 heavy (non-hydrogen) atoms. The monoisotopic (exact) mass is 120 g/mol. The van der Waals surface area contributed by atoms with Gasteiger partial charge in [0.2, 0.25) is 0 Å². The Morgan fingerprint density at radius 3 is 1.57 bits per heavy atom. The molecule has 2 nitrogen and oxygen atoms in total. The predicted molar refractivity (Wildman–Crippen MR) is 32.2 cm³/mol. The standard InChI is InChI=1S/C4H10NOS/c1-4(2,3)7(5)6/h5H,1-3H3/q-1/t7-/m1/s1. The summed E-state index contributed by atoms with van der Waals surface area (Å²) in [5, 5.41) is 6.70. The van der Waals surface area contributed by atoms with E-state index in [2.05, 4.69) is 0 Å². The van der Waals surface area contributed by atoms with Gasteiger partial charge in [0.1, 0.15) is 0 Å². The Morgan fingerprint density at radius 1 is 1.43 bits per heavy atom. The summed E-state index contributed by atoms with van der Waals surface area (Å²) in [5.41, 5.74) is 0. The first-order chi connectivity index (χ1) is 2.94. The predicted octanol–water partition coefficient (Wildman–Crippen LogP) is 1.50. The highest BCUT2D eigenvalue weighted by atomic mass is 32.2. The van der Waals surface area contributed by atoms with Gasteiger partial charge in [0.25, 0.3) is 0 Å². The lowest BCUT2D eigenvalue weighted by atomic mass is 10.3. The van der Waals surface area contributed by atoms with E-state index in [0.29, 0.717) is 0 Å². The first kappa shape index (κ1) is 7.11. The third kappa shape index (κ3) is 2.76. The van der Waals surface area contributed by atoms with Crippen molar-refractivity contribution in [1.29, 1.82) is 0 Å². The molecular formula is C4H10NOS-. The summed E-state index contributed by atoms with van der Waals surface area (Å²) in [6, 6.07) is 0. The Morgan fingerprint density at radius 2 is 1.57 bits per heavy atom. The van der Waals surface area contributed by atoms with Crippen molar-refractivity contribution in [1.82, 2.24) is 0 Å². The van der Waals surface area contributed by atoms with Crippen molar-refractivity contribution in [2.24, 2.45) is 0 Å². The lowest BCUT2D eigenvalue weighted by molar-refractivity contribution is 0.656. The number of hydrogen-bond acceptors (Lipinski definition) is 1. The van der Waals surface area contributed by atoms with Gasteiger partial charge < -0.3 is 5.14 Å². The number of hydrogen-bond donors (Lipinski definition) is 0. The quantitative estimate of drug-likeness (QED) is 0.477. The molecule has 0 aliphatic carbocycles. The fourth-order valence-corrected chi connectivity index (χ4v) is 0. The molecule has 0 bridgehead atoms. The van der Waals surface area contributed by atoms with Crippen LogP contribution in [0.4, 0.5) is 0 Å². The summed E-state index contributed by atoms with van der Waals surface area (Å²) in [6.07, 6.45) is 0. The topological polar surface area (TPSA) is 40.9 Å². The molecular weight excluding hydrogens is 110 g/mol. The van der Waals surface area contributed by atoms with Gasteiger partial charge in [-0.15, -0.1) is 0 Å². The first-order valence-corrected chi connectivity index (χ1v) is 3.22. The first-order valence-electron chi connectivity index (χ1n) is 2.07. The lowest BCUT2D eigenvalue weighted by Gasteiger charge is -2.19. The molecule has 0 saturated heterocycles. The second kappa shape index (κ2) is 1.92. The van der Waals surface area contributed by atoms with Crippen molar-refractivity contribution < 1.29 is 4.21 Å². The van der Waals surface area contributed by atoms with E-state index in [-0.39, 0.29) is 4.75 Å². The van der Waals surface area contributed by atoms with E-state index < -0.39 is 11.0 Å². The van der Waals surface area contributed by atoms with E-state index in [1.165, 1.54) is 0 Å². The summed E-state index contributed by atoms with van der Waals surface area (Å²) in [5.74, 6) is 0. The van der Waals surface area contributed by atoms with Gasteiger partial charge in [0.15, 0.2) is 0 Å². The molecule has 0 saturated carbocycles. The molecule has 0 aromatic rings. The highest BCUT2D eigenvalue weighted by molar-refractivity contribution is 7.88. The summed E-state index contributed by atoms with van der Waals surface area (Å²) in [4.78, 5) is 0. The zero-order valence-electron chi connectivity index (χ0n) is 4.82. The van der Waals surface area contributed by atoms with Crippen LogP contribution in [-0.4, -0.2) is 8.96 Å². The van der Waals surface area contributed by atoms with Crippen molar-refractivity contribution in [3.8, 4) is 0 Å². The van der Waals surface area contributed by atoms with Gasteiger partial charge in [-0.25, -0.2) is 0 Å². The van der Waals surface area contributed by atoms with Crippen LogP contribution in [0.25, 0.3) is 5.14 Å². The van der Waals surface area contributed by atoms with Crippen molar-refractivity contribution in [2.75, 3.05) is 0 Å². The van der Waals surface area contributed by atoms with Gasteiger partial charge in [-0.3, -0.25) is 4.21 Å². The van der Waals surface area contributed by atoms with E-state index in [1.807, 2.05) is 0 Å². The van der Waals surface area contributed by atoms with Crippen LogP contribution in [0.15, 0.2) is 0 Å². The van der Waals surface area contributed by atoms with Gasteiger partial charge in [-0.2, -0.15) is 0 Å². The maximum Gasteiger partial charge on any atom is 0.0185 e. The largest absolute Gasteiger partial charge is 0.591 e. The van der Waals surface area contributed by atoms with Crippen LogP contribution in [0.3, 0.4) is 0 Å². The zero-order chi connectivity index (χ0) is 6.08. The van der Waals surface area contributed by atoms with E-state index in [4.69, 9.17) is 5.14 Å². The van der Waals surface area contributed by atoms with E-state index in [9.17, 15) is 4.21 Å². The summed E-state index contributed by atoms with van der Waals surface area (Å²) >= 11 is 0. The second-order valence-corrected chi connectivity index (χ2v) is 4.14. The van der Waals surface area contributed by atoms with E-state index in [1.54, 1.807) is 20.8 Å². The summed E-state index contributed by atoms with van der Waals surface area (Å²) in [6.45, 7) is 5.32. The van der Waals surface area contributed by atoms with Crippen LogP contribution in [0.2, 0.25) is 0 Å². The molecule has 1 atom stereocenters. The molecule has 0 spiro atoms. The normalized spacial score (nSPS) is 16.6. The third-order valence-electron chi connectivity index (χ3n) is 0.556. The molecule has 0 radical (unpaired) electrons. The smallest absolute Gasteiger partial charge is 0.0185 e. The van der Waals surface area contributed by atoms with Gasteiger partial charge >= 0.3 is 0 Å². The SMILES string of the molecule is CC(C)(C)[S@]([NH-])=O. The zero-order valence-corrected chi connectivity index (χ0v) is 5.63. The summed E-state index contributed by atoms with van der Waals surface area (Å²) in [7, 11) is -1.43. The van der Waals surface area contributed by atoms with Crippen LogP contribution >= 0.6 is 0 Å². The third-order valence-corrected chi connectivity index (χ3v) is 1.67. The van der Waals surface area contributed by atoms with Crippen LogP contribution in [0.1, 0.15) is 20.8 Å². The molecule has 0 amide bonds. The highest BCUT2D eigenvalue weighted by Crippen LogP contribution is 2.09. The molecule has 0 aliphatic rings. The minimum Gasteiger partial charge on any atom is -0.591 e. The molecule has 0 heterocycles. The van der Waals surface area contributed by atoms with Crippen molar-refractivity contribution in [2.45, 2.75) is 25.5 Å². The van der Waals surface area contributed by atoms with Crippen LogP contribution in [0, 0.1) is 0 Å². The van der Waals surface area contributed by atoms with Crippen molar-refractivity contribution in [3.63, 3.8) is 0 Å². The molecule has 1 N–H and O–H groups in total. The van der Waals surface area contributed by atoms with Crippen molar-refractivity contribution in [3.05, 3.63) is 5.14 Å². The maximum atomic E-state index is 10.2. The molecule has 3 heteroatoms. The Kier molecular flexibility index (Phi) is 1.95. The Balaban J connectivity index is 3.79. The van der Waals surface area contributed by atoms with Crippen molar-refractivity contribution >= 4 is 11.0 Å². The highest BCUT2D eigenvalue weighted by Gasteiger charge is 2.07. The van der Waals surface area contributed by atoms with Crippen LogP contribution in [0.5, 0.6) is 0 Å². The van der Waals surface area contributed by atoms with Gasteiger partial charge in [-0.1, -0.05) is 31.8 Å². The Hall–Kier alpha value is 0.110. The van der Waals surface area contributed by atoms with Gasteiger partial charge in [0, 0.05) is 4.75 Å². The molecule has 44 valence electrons. The molecule has 0 aromatic carbocycles. The van der Waals surface area contributed by atoms with E-state index in [0.717, 1.165) is 0 Å². The molecule has 0 rings (SSSR count). The number of rotatable bonds is 0. The van der Waals surface area contributed by atoms with Gasteiger partial charge in [-0.05, 0) is 0 Å². The maximum absolute atomic E-state index is 10.2. The number of nitrogens with one attached hydrogen (secondary N) is 1. The minimum absolute atomic E-state index is 0.361. The lowest BCUT2D eigenvalue weighted by Crippen LogP contribution is -2.17. The van der Waals surface area contributed by atoms with Gasteiger partial charge in [0.05, 0.1) is 0 Å². The average Bonchev–Trinajstić information content (AvgIpc) is 1.31. The second-order valence-electron chi connectivity index (χ2n) is 2.38.